The Kier molecular flexibility index (Phi) is 9.76. The molecule has 7 heteroatoms. The second-order valence-corrected chi connectivity index (χ2v) is 9.39. The van der Waals surface area contributed by atoms with Crippen molar-refractivity contribution in [3.8, 4) is 5.75 Å². The van der Waals surface area contributed by atoms with Gasteiger partial charge in [0.2, 0.25) is 0 Å². The quantitative estimate of drug-likeness (QED) is 0.264. The number of benzene rings is 3. The minimum absolute atomic E-state index is 0.254. The van der Waals surface area contributed by atoms with E-state index in [1.807, 2.05) is 24.3 Å². The van der Waals surface area contributed by atoms with E-state index in [1.165, 1.54) is 5.56 Å². The zero-order chi connectivity index (χ0) is 26.7. The van der Waals surface area contributed by atoms with Crippen molar-refractivity contribution in [1.29, 1.82) is 0 Å². The lowest BCUT2D eigenvalue weighted by molar-refractivity contribution is 0.0526. The average molecular weight is 516 g/mol. The number of hydrogen-bond donors (Lipinski definition) is 1. The van der Waals surface area contributed by atoms with Crippen LogP contribution in [-0.2, 0) is 11.3 Å². The number of amides is 1. The van der Waals surface area contributed by atoms with E-state index in [0.717, 1.165) is 51.3 Å². The van der Waals surface area contributed by atoms with E-state index in [-0.39, 0.29) is 12.5 Å². The van der Waals surface area contributed by atoms with Gasteiger partial charge in [0.15, 0.2) is 0 Å². The highest BCUT2D eigenvalue weighted by Gasteiger charge is 2.22. The molecule has 200 valence electrons. The maximum Gasteiger partial charge on any atom is 0.338 e. The van der Waals surface area contributed by atoms with Gasteiger partial charge in [-0.25, -0.2) is 4.79 Å². The number of nitrogens with one attached hydrogen (secondary N) is 1. The second-order valence-electron chi connectivity index (χ2n) is 9.39. The van der Waals surface area contributed by atoms with Gasteiger partial charge in [-0.1, -0.05) is 49.7 Å². The summed E-state index contributed by atoms with van der Waals surface area (Å²) in [7, 11) is 0. The Morgan fingerprint density at radius 1 is 0.868 bits per heavy atom. The molecule has 0 aromatic heterocycles. The van der Waals surface area contributed by atoms with Crippen molar-refractivity contribution in [1.82, 2.24) is 4.90 Å². The van der Waals surface area contributed by atoms with Gasteiger partial charge >= 0.3 is 5.97 Å². The molecule has 3 aromatic carbocycles. The molecule has 4 rings (SSSR count). The molecule has 0 unspecified atom stereocenters. The van der Waals surface area contributed by atoms with E-state index in [9.17, 15) is 9.59 Å². The van der Waals surface area contributed by atoms with Crippen LogP contribution in [0.5, 0.6) is 5.75 Å². The molecule has 0 bridgehead atoms. The lowest BCUT2D eigenvalue weighted by atomic mass is 10.1. The Bertz CT molecular complexity index is 1210. The molecule has 1 saturated heterocycles. The van der Waals surface area contributed by atoms with Crippen LogP contribution in [0.1, 0.15) is 53.0 Å². The first-order valence-corrected chi connectivity index (χ1v) is 13.4. The molecule has 0 atom stereocenters. The van der Waals surface area contributed by atoms with Crippen LogP contribution in [0, 0.1) is 0 Å². The minimum Gasteiger partial charge on any atom is -0.494 e. The summed E-state index contributed by atoms with van der Waals surface area (Å²) < 4.78 is 11.0. The van der Waals surface area contributed by atoms with Crippen molar-refractivity contribution in [3.05, 3.63) is 89.5 Å². The lowest BCUT2D eigenvalue weighted by Crippen LogP contribution is -2.46. The van der Waals surface area contributed by atoms with Crippen molar-refractivity contribution in [2.75, 3.05) is 49.6 Å². The average Bonchev–Trinajstić information content (AvgIpc) is 2.94. The Balaban J connectivity index is 1.50. The van der Waals surface area contributed by atoms with Crippen molar-refractivity contribution in [2.24, 2.45) is 0 Å². The van der Waals surface area contributed by atoms with Crippen LogP contribution in [0.2, 0.25) is 0 Å². The van der Waals surface area contributed by atoms with Crippen molar-refractivity contribution in [2.45, 2.75) is 33.2 Å². The van der Waals surface area contributed by atoms with Crippen molar-refractivity contribution >= 4 is 23.3 Å². The zero-order valence-electron chi connectivity index (χ0n) is 22.3. The molecule has 38 heavy (non-hydrogen) atoms. The maximum atomic E-state index is 13.3. The third-order valence-electron chi connectivity index (χ3n) is 6.58. The van der Waals surface area contributed by atoms with Crippen LogP contribution in [0.4, 0.5) is 11.4 Å². The topological polar surface area (TPSA) is 71.1 Å². The molecular formula is C31H37N3O4. The predicted molar refractivity (Wildman–Crippen MR) is 151 cm³/mol. The largest absolute Gasteiger partial charge is 0.494 e. The van der Waals surface area contributed by atoms with Crippen LogP contribution >= 0.6 is 0 Å². The van der Waals surface area contributed by atoms with Gasteiger partial charge in [0.25, 0.3) is 5.91 Å². The molecule has 1 amide bonds. The normalized spacial score (nSPS) is 13.7. The summed E-state index contributed by atoms with van der Waals surface area (Å²) in [5, 5.41) is 3.05. The third-order valence-corrected chi connectivity index (χ3v) is 6.58. The van der Waals surface area contributed by atoms with Gasteiger partial charge in [-0.05, 0) is 55.3 Å². The smallest absolute Gasteiger partial charge is 0.338 e. The highest BCUT2D eigenvalue weighted by Crippen LogP contribution is 2.30. The Hall–Kier alpha value is -3.84. The van der Waals surface area contributed by atoms with Gasteiger partial charge in [0.05, 0.1) is 30.2 Å². The number of carbonyl (C=O) groups excluding carboxylic acids is 2. The van der Waals surface area contributed by atoms with Crippen molar-refractivity contribution in [3.63, 3.8) is 0 Å². The number of piperazine rings is 1. The Morgan fingerprint density at radius 3 is 2.39 bits per heavy atom. The lowest BCUT2D eigenvalue weighted by Gasteiger charge is -2.37. The Labute approximate surface area is 225 Å². The van der Waals surface area contributed by atoms with Crippen LogP contribution in [-0.4, -0.2) is 56.2 Å². The summed E-state index contributed by atoms with van der Waals surface area (Å²) in [5.41, 5.74) is 3.69. The fraction of sp³-hybridized carbons (Fsp3) is 0.355. The fourth-order valence-electron chi connectivity index (χ4n) is 4.50. The molecule has 3 aromatic rings. The summed E-state index contributed by atoms with van der Waals surface area (Å²) >= 11 is 0. The van der Waals surface area contributed by atoms with E-state index in [4.69, 9.17) is 9.47 Å². The number of ether oxygens (including phenoxy) is 2. The van der Waals surface area contributed by atoms with Gasteiger partial charge in [-0.3, -0.25) is 9.69 Å². The third kappa shape index (κ3) is 7.35. The van der Waals surface area contributed by atoms with E-state index in [1.54, 1.807) is 31.2 Å². The van der Waals surface area contributed by atoms with Gasteiger partial charge in [-0.15, -0.1) is 0 Å². The monoisotopic (exact) mass is 515 g/mol. The number of unbranched alkanes of at least 4 members (excludes halogenated alkanes) is 1. The summed E-state index contributed by atoms with van der Waals surface area (Å²) in [6.45, 7) is 9.14. The number of esters is 1. The SMILES string of the molecule is CCCCOc1cccc(C(=O)Nc2cc(C(=O)OCC)ccc2N2CCN(Cc3ccccc3)CC2)c1. The van der Waals surface area contributed by atoms with Gasteiger partial charge in [0, 0.05) is 38.3 Å². The number of rotatable bonds is 11. The summed E-state index contributed by atoms with van der Waals surface area (Å²) in [6, 6.07) is 23.0. The number of hydrogen-bond acceptors (Lipinski definition) is 6. The van der Waals surface area contributed by atoms with Crippen molar-refractivity contribution < 1.29 is 19.1 Å². The first-order valence-electron chi connectivity index (χ1n) is 13.4. The number of nitrogens with zero attached hydrogens (tertiary/aromatic N) is 2. The standard InChI is InChI=1S/C31H37N3O4/c1-3-5-20-38-27-13-9-12-25(21-27)30(35)32-28-22-26(31(36)37-4-2)14-15-29(28)34-18-16-33(17-19-34)23-24-10-7-6-8-11-24/h6-15,21-22H,3-5,16-20,23H2,1-2H3,(H,32,35). The van der Waals surface area contributed by atoms with Gasteiger partial charge in [-0.2, -0.15) is 0 Å². The number of anilines is 2. The van der Waals surface area contributed by atoms with Gasteiger partial charge < -0.3 is 19.7 Å². The molecule has 0 spiro atoms. The second kappa shape index (κ2) is 13.6. The molecule has 1 aliphatic rings. The molecule has 1 heterocycles. The molecule has 0 aliphatic carbocycles. The first-order chi connectivity index (χ1) is 18.6. The summed E-state index contributed by atoms with van der Waals surface area (Å²) in [4.78, 5) is 30.4. The summed E-state index contributed by atoms with van der Waals surface area (Å²) in [5.74, 6) is 0.00519. The first kappa shape index (κ1) is 27.2. The number of carbonyl (C=O) groups is 2. The molecule has 7 nitrogen and oxygen atoms in total. The van der Waals surface area contributed by atoms with Crippen LogP contribution in [0.3, 0.4) is 0 Å². The van der Waals surface area contributed by atoms with E-state index in [0.29, 0.717) is 29.2 Å². The van der Waals surface area contributed by atoms with Crippen LogP contribution in [0.25, 0.3) is 0 Å². The maximum absolute atomic E-state index is 13.3. The molecule has 1 fully saturated rings. The van der Waals surface area contributed by atoms with E-state index in [2.05, 4.69) is 46.3 Å². The molecule has 1 aliphatic heterocycles. The highest BCUT2D eigenvalue weighted by molar-refractivity contribution is 6.07. The van der Waals surface area contributed by atoms with Crippen LogP contribution < -0.4 is 15.0 Å². The van der Waals surface area contributed by atoms with Gasteiger partial charge in [0.1, 0.15) is 5.75 Å². The minimum atomic E-state index is -0.409. The highest BCUT2D eigenvalue weighted by atomic mass is 16.5. The fourth-order valence-corrected chi connectivity index (χ4v) is 4.50. The molecule has 1 N–H and O–H groups in total. The zero-order valence-corrected chi connectivity index (χ0v) is 22.3. The van der Waals surface area contributed by atoms with Crippen LogP contribution in [0.15, 0.2) is 72.8 Å². The molecular weight excluding hydrogens is 478 g/mol. The Morgan fingerprint density at radius 2 is 1.66 bits per heavy atom. The van der Waals surface area contributed by atoms with E-state index >= 15 is 0 Å². The predicted octanol–water partition coefficient (Wildman–Crippen LogP) is 5.62. The summed E-state index contributed by atoms with van der Waals surface area (Å²) in [6.07, 6.45) is 2.00. The molecule has 0 saturated carbocycles. The molecule has 0 radical (unpaired) electrons. The van der Waals surface area contributed by atoms with E-state index < -0.39 is 5.97 Å².